The number of nitrogens with zero attached hydrogens (tertiary/aromatic N) is 3. The van der Waals surface area contributed by atoms with Gasteiger partial charge in [-0.3, -0.25) is 9.69 Å². The fourth-order valence-electron chi connectivity index (χ4n) is 3.10. The van der Waals surface area contributed by atoms with Gasteiger partial charge in [0.2, 0.25) is 5.91 Å². The van der Waals surface area contributed by atoms with Gasteiger partial charge in [0, 0.05) is 29.5 Å². The van der Waals surface area contributed by atoms with Crippen LogP contribution in [0.2, 0.25) is 0 Å². The van der Waals surface area contributed by atoms with Crippen molar-refractivity contribution in [3.05, 3.63) is 46.7 Å². The molecule has 1 atom stereocenters. The van der Waals surface area contributed by atoms with Crippen LogP contribution >= 0.6 is 15.9 Å². The van der Waals surface area contributed by atoms with Gasteiger partial charge in [-0.25, -0.2) is 9.37 Å². The molecule has 3 rings (SSSR count). The summed E-state index contributed by atoms with van der Waals surface area (Å²) in [4.78, 5) is 18.7. The second kappa shape index (κ2) is 7.44. The van der Waals surface area contributed by atoms with E-state index in [9.17, 15) is 9.18 Å². The average Bonchev–Trinajstić information content (AvgIpc) is 3.13. The van der Waals surface area contributed by atoms with E-state index in [-0.39, 0.29) is 18.1 Å². The fraction of sp³-hybridized carbons (Fsp3) is 0.412. The Morgan fingerprint density at radius 3 is 3.04 bits per heavy atom. The van der Waals surface area contributed by atoms with Gasteiger partial charge in [-0.1, -0.05) is 15.9 Å². The number of rotatable bonds is 5. The molecular weight excluding hydrogens is 375 g/mol. The molecule has 1 aliphatic heterocycles. The smallest absolute Gasteiger partial charge is 0.238 e. The van der Waals surface area contributed by atoms with Crippen molar-refractivity contribution in [3.8, 4) is 0 Å². The van der Waals surface area contributed by atoms with E-state index in [1.165, 1.54) is 6.07 Å². The number of carbonyl (C=O) groups is 1. The van der Waals surface area contributed by atoms with E-state index in [0.717, 1.165) is 31.8 Å². The molecule has 128 valence electrons. The summed E-state index contributed by atoms with van der Waals surface area (Å²) in [6.07, 6.45) is 5.87. The Morgan fingerprint density at radius 1 is 1.50 bits per heavy atom. The number of imidazole rings is 1. The van der Waals surface area contributed by atoms with Gasteiger partial charge >= 0.3 is 0 Å². The van der Waals surface area contributed by atoms with Crippen LogP contribution in [0.15, 0.2) is 35.1 Å². The van der Waals surface area contributed by atoms with Crippen LogP contribution < -0.4 is 5.32 Å². The van der Waals surface area contributed by atoms with Gasteiger partial charge in [-0.15, -0.1) is 0 Å². The van der Waals surface area contributed by atoms with Gasteiger partial charge in [0.1, 0.15) is 11.6 Å². The number of aryl methyl sites for hydroxylation is 1. The van der Waals surface area contributed by atoms with Gasteiger partial charge in [-0.2, -0.15) is 0 Å². The zero-order valence-electron chi connectivity index (χ0n) is 13.5. The van der Waals surface area contributed by atoms with Crippen molar-refractivity contribution in [1.82, 2.24) is 14.5 Å². The van der Waals surface area contributed by atoms with Gasteiger partial charge in [0.15, 0.2) is 0 Å². The number of aromatic nitrogens is 2. The summed E-state index contributed by atoms with van der Waals surface area (Å²) >= 11 is 3.21. The van der Waals surface area contributed by atoms with Crippen LogP contribution in [-0.2, 0) is 11.3 Å². The molecule has 7 heteroatoms. The van der Waals surface area contributed by atoms with E-state index in [0.29, 0.717) is 10.5 Å². The Balaban J connectivity index is 1.59. The molecule has 1 N–H and O–H groups in total. The van der Waals surface area contributed by atoms with Crippen LogP contribution in [0.3, 0.4) is 0 Å². The molecule has 1 amide bonds. The predicted molar refractivity (Wildman–Crippen MR) is 94.3 cm³/mol. The van der Waals surface area contributed by atoms with Crippen molar-refractivity contribution < 1.29 is 9.18 Å². The highest BCUT2D eigenvalue weighted by molar-refractivity contribution is 9.10. The maximum absolute atomic E-state index is 13.8. The number of anilines is 1. The molecule has 2 heterocycles. The number of hydrogen-bond acceptors (Lipinski definition) is 3. The van der Waals surface area contributed by atoms with E-state index in [2.05, 4.69) is 35.7 Å². The molecule has 1 aromatic heterocycles. The second-order valence-electron chi connectivity index (χ2n) is 6.07. The normalized spacial score (nSPS) is 18.0. The Labute approximate surface area is 149 Å². The van der Waals surface area contributed by atoms with Gasteiger partial charge in [-0.05, 0) is 44.5 Å². The topological polar surface area (TPSA) is 50.2 Å². The minimum Gasteiger partial charge on any atom is -0.334 e. The zero-order chi connectivity index (χ0) is 17.1. The first-order valence-electron chi connectivity index (χ1n) is 7.99. The van der Waals surface area contributed by atoms with Crippen molar-refractivity contribution in [2.45, 2.75) is 32.4 Å². The summed E-state index contributed by atoms with van der Waals surface area (Å²) < 4.78 is 16.6. The SMILES string of the molecule is Cc1nccn1C[C@H]1CCCN1CC(=O)Nc1ccc(Br)cc1F. The van der Waals surface area contributed by atoms with E-state index < -0.39 is 5.82 Å². The predicted octanol–water partition coefficient (Wildman–Crippen LogP) is 3.20. The summed E-state index contributed by atoms with van der Waals surface area (Å²) in [7, 11) is 0. The third kappa shape index (κ3) is 4.02. The quantitative estimate of drug-likeness (QED) is 0.846. The number of carbonyl (C=O) groups excluding carboxylic acids is 1. The van der Waals surface area contributed by atoms with Crippen LogP contribution in [0.4, 0.5) is 10.1 Å². The largest absolute Gasteiger partial charge is 0.334 e. The molecule has 0 radical (unpaired) electrons. The highest BCUT2D eigenvalue weighted by Crippen LogP contribution is 2.21. The van der Waals surface area contributed by atoms with Crippen LogP contribution in [0.25, 0.3) is 0 Å². The first kappa shape index (κ1) is 17.1. The van der Waals surface area contributed by atoms with E-state index in [4.69, 9.17) is 0 Å². The van der Waals surface area contributed by atoms with Gasteiger partial charge in [0.05, 0.1) is 12.2 Å². The molecule has 1 aliphatic rings. The third-order valence-electron chi connectivity index (χ3n) is 4.38. The summed E-state index contributed by atoms with van der Waals surface area (Å²) in [6.45, 7) is 3.95. The van der Waals surface area contributed by atoms with Crippen LogP contribution in [0.5, 0.6) is 0 Å². The van der Waals surface area contributed by atoms with Gasteiger partial charge in [0.25, 0.3) is 0 Å². The highest BCUT2D eigenvalue weighted by Gasteiger charge is 2.27. The minimum atomic E-state index is -0.440. The van der Waals surface area contributed by atoms with Crippen LogP contribution in [-0.4, -0.2) is 39.5 Å². The third-order valence-corrected chi connectivity index (χ3v) is 4.88. The van der Waals surface area contributed by atoms with E-state index >= 15 is 0 Å². The van der Waals surface area contributed by atoms with Crippen LogP contribution in [0.1, 0.15) is 18.7 Å². The number of likely N-dealkylation sites (tertiary alicyclic amines) is 1. The van der Waals surface area contributed by atoms with Crippen molar-refractivity contribution in [2.24, 2.45) is 0 Å². The molecule has 2 aromatic rings. The van der Waals surface area contributed by atoms with Crippen molar-refractivity contribution in [3.63, 3.8) is 0 Å². The summed E-state index contributed by atoms with van der Waals surface area (Å²) in [5.41, 5.74) is 0.212. The first-order chi connectivity index (χ1) is 11.5. The fourth-order valence-corrected chi connectivity index (χ4v) is 3.43. The second-order valence-corrected chi connectivity index (χ2v) is 6.98. The maximum atomic E-state index is 13.8. The zero-order valence-corrected chi connectivity index (χ0v) is 15.1. The first-order valence-corrected chi connectivity index (χ1v) is 8.79. The Morgan fingerprint density at radius 2 is 2.33 bits per heavy atom. The number of benzene rings is 1. The number of hydrogen-bond donors (Lipinski definition) is 1. The molecule has 0 aliphatic carbocycles. The van der Waals surface area contributed by atoms with E-state index in [1.807, 2.05) is 13.1 Å². The molecule has 0 saturated carbocycles. The van der Waals surface area contributed by atoms with E-state index in [1.54, 1.807) is 18.3 Å². The molecule has 1 fully saturated rings. The lowest BCUT2D eigenvalue weighted by molar-refractivity contribution is -0.117. The average molecular weight is 395 g/mol. The molecule has 5 nitrogen and oxygen atoms in total. The van der Waals surface area contributed by atoms with Gasteiger partial charge < -0.3 is 9.88 Å². The molecule has 0 spiro atoms. The summed E-state index contributed by atoms with van der Waals surface area (Å²) in [5.74, 6) is 0.346. The Hall–Kier alpha value is -1.73. The van der Waals surface area contributed by atoms with Crippen molar-refractivity contribution >= 4 is 27.5 Å². The highest BCUT2D eigenvalue weighted by atomic mass is 79.9. The number of amides is 1. The number of halogens is 2. The summed E-state index contributed by atoms with van der Waals surface area (Å²) in [6, 6.07) is 4.92. The molecule has 1 aromatic carbocycles. The minimum absolute atomic E-state index is 0.189. The lowest BCUT2D eigenvalue weighted by Gasteiger charge is -2.24. The molecular formula is C17H20BrFN4O. The molecule has 24 heavy (non-hydrogen) atoms. The summed E-state index contributed by atoms with van der Waals surface area (Å²) in [5, 5.41) is 2.66. The number of nitrogens with one attached hydrogen (secondary N) is 1. The lowest BCUT2D eigenvalue weighted by Crippen LogP contribution is -2.39. The molecule has 0 bridgehead atoms. The van der Waals surface area contributed by atoms with Crippen LogP contribution in [0, 0.1) is 12.7 Å². The van der Waals surface area contributed by atoms with Crippen molar-refractivity contribution in [1.29, 1.82) is 0 Å². The Kier molecular flexibility index (Phi) is 5.30. The lowest BCUT2D eigenvalue weighted by atomic mass is 10.2. The molecule has 1 saturated heterocycles. The maximum Gasteiger partial charge on any atom is 0.238 e. The monoisotopic (exact) mass is 394 g/mol. The standard InChI is InChI=1S/C17H20BrFN4O/c1-12-20-6-8-22(12)10-14-3-2-7-23(14)11-17(24)21-16-5-4-13(18)9-15(16)19/h4-6,8-9,14H,2-3,7,10-11H2,1H3,(H,21,24)/t14-/m1/s1. The van der Waals surface area contributed by atoms with Crippen molar-refractivity contribution in [2.75, 3.05) is 18.4 Å². The molecule has 0 unspecified atom stereocenters. The Bertz CT molecular complexity index is 733.